The van der Waals surface area contributed by atoms with Gasteiger partial charge in [-0.05, 0) is 37.9 Å². The van der Waals surface area contributed by atoms with Crippen LogP contribution in [0.5, 0.6) is 0 Å². The lowest BCUT2D eigenvalue weighted by molar-refractivity contribution is 0.412. The number of aromatic nitrogens is 2. The average Bonchev–Trinajstić information content (AvgIpc) is 3.22. The molecule has 1 aliphatic carbocycles. The summed E-state index contributed by atoms with van der Waals surface area (Å²) in [6, 6.07) is 13.7. The van der Waals surface area contributed by atoms with E-state index in [9.17, 15) is 0 Å². The average molecular weight is 283 g/mol. The predicted molar refractivity (Wildman–Crippen MR) is 86.5 cm³/mol. The lowest BCUT2D eigenvalue weighted by atomic mass is 9.85. The summed E-state index contributed by atoms with van der Waals surface area (Å²) in [7, 11) is 2.05. The molecule has 1 fully saturated rings. The molecule has 3 nitrogen and oxygen atoms in total. The topological polar surface area (TPSA) is 29.9 Å². The summed E-state index contributed by atoms with van der Waals surface area (Å²) < 4.78 is 2.03. The monoisotopic (exact) mass is 283 g/mol. The largest absolute Gasteiger partial charge is 0.313 e. The Balaban J connectivity index is 1.86. The van der Waals surface area contributed by atoms with E-state index in [1.54, 1.807) is 0 Å². The van der Waals surface area contributed by atoms with Crippen LogP contribution in [0, 0.1) is 6.92 Å². The van der Waals surface area contributed by atoms with E-state index >= 15 is 0 Å². The molecular formula is C18H25N3. The molecule has 0 bridgehead atoms. The first-order valence-electron chi connectivity index (χ1n) is 7.94. The normalized spacial score (nSPS) is 17.7. The van der Waals surface area contributed by atoms with Gasteiger partial charge in [0.1, 0.15) is 0 Å². The summed E-state index contributed by atoms with van der Waals surface area (Å²) in [5, 5.41) is 8.22. The van der Waals surface area contributed by atoms with Crippen LogP contribution in [0.2, 0.25) is 0 Å². The van der Waals surface area contributed by atoms with E-state index in [0.717, 1.165) is 18.7 Å². The fraction of sp³-hybridized carbons (Fsp3) is 0.500. The Bertz CT molecular complexity index is 596. The highest BCUT2D eigenvalue weighted by molar-refractivity contribution is 5.34. The summed E-state index contributed by atoms with van der Waals surface area (Å²) in [5.41, 5.74) is 4.22. The van der Waals surface area contributed by atoms with Gasteiger partial charge in [0.2, 0.25) is 0 Å². The smallest absolute Gasteiger partial charge is 0.0596 e. The third-order valence-electron chi connectivity index (χ3n) is 4.77. The molecule has 21 heavy (non-hydrogen) atoms. The van der Waals surface area contributed by atoms with Crippen LogP contribution in [0.25, 0.3) is 0 Å². The highest BCUT2D eigenvalue weighted by atomic mass is 15.3. The van der Waals surface area contributed by atoms with E-state index in [1.165, 1.54) is 24.1 Å². The molecule has 112 valence electrons. The molecule has 0 amide bonds. The maximum atomic E-state index is 4.49. The Labute approximate surface area is 127 Å². The third-order valence-corrected chi connectivity index (χ3v) is 4.77. The number of benzene rings is 1. The zero-order valence-electron chi connectivity index (χ0n) is 13.3. The van der Waals surface area contributed by atoms with Crippen molar-refractivity contribution in [1.29, 1.82) is 0 Å². The van der Waals surface area contributed by atoms with Crippen molar-refractivity contribution in [2.24, 2.45) is 7.05 Å². The van der Waals surface area contributed by atoms with Gasteiger partial charge in [-0.3, -0.25) is 4.68 Å². The molecule has 1 atom stereocenters. The first-order chi connectivity index (χ1) is 10.2. The van der Waals surface area contributed by atoms with Crippen molar-refractivity contribution in [3.05, 3.63) is 53.3 Å². The number of rotatable bonds is 6. The molecule has 1 aromatic carbocycles. The molecule has 2 aromatic rings. The molecule has 3 rings (SSSR count). The highest BCUT2D eigenvalue weighted by Crippen LogP contribution is 2.51. The second-order valence-corrected chi connectivity index (χ2v) is 6.24. The van der Waals surface area contributed by atoms with Crippen molar-refractivity contribution in [2.75, 3.05) is 6.54 Å². The van der Waals surface area contributed by atoms with E-state index in [2.05, 4.69) is 60.7 Å². The van der Waals surface area contributed by atoms with E-state index in [-0.39, 0.29) is 0 Å². The third kappa shape index (κ3) is 2.75. The molecule has 3 heteroatoms. The van der Waals surface area contributed by atoms with Crippen molar-refractivity contribution < 1.29 is 0 Å². The number of hydrogen-bond acceptors (Lipinski definition) is 2. The summed E-state index contributed by atoms with van der Waals surface area (Å²) in [6.07, 6.45) is 3.61. The maximum Gasteiger partial charge on any atom is 0.0596 e. The Hall–Kier alpha value is -1.61. The highest BCUT2D eigenvalue weighted by Gasteiger charge is 2.50. The summed E-state index contributed by atoms with van der Waals surface area (Å²) in [5.74, 6) is 0. The Morgan fingerprint density at radius 2 is 2.00 bits per heavy atom. The van der Waals surface area contributed by atoms with Gasteiger partial charge in [0.15, 0.2) is 0 Å². The van der Waals surface area contributed by atoms with Gasteiger partial charge in [-0.2, -0.15) is 5.10 Å². The Morgan fingerprint density at radius 3 is 2.52 bits per heavy atom. The number of nitrogens with one attached hydrogen (secondary N) is 1. The van der Waals surface area contributed by atoms with Crippen LogP contribution in [0.1, 0.15) is 36.7 Å². The van der Waals surface area contributed by atoms with Gasteiger partial charge in [0.25, 0.3) is 0 Å². The first-order valence-corrected chi connectivity index (χ1v) is 7.94. The van der Waals surface area contributed by atoms with Crippen LogP contribution in [-0.4, -0.2) is 22.4 Å². The van der Waals surface area contributed by atoms with Gasteiger partial charge < -0.3 is 5.32 Å². The van der Waals surface area contributed by atoms with Crippen LogP contribution in [0.3, 0.4) is 0 Å². The molecule has 0 radical (unpaired) electrons. The molecule has 0 spiro atoms. The molecule has 1 saturated carbocycles. The lowest BCUT2D eigenvalue weighted by Gasteiger charge is -2.28. The SMILES string of the molecule is CCNC(Cc1cc(C)nn1C)C1(c2ccccc2)CC1. The first kappa shape index (κ1) is 14.3. The van der Waals surface area contributed by atoms with Crippen LogP contribution in [0.15, 0.2) is 36.4 Å². The van der Waals surface area contributed by atoms with Crippen LogP contribution < -0.4 is 5.32 Å². The van der Waals surface area contributed by atoms with Crippen LogP contribution >= 0.6 is 0 Å². The van der Waals surface area contributed by atoms with Crippen molar-refractivity contribution in [3.8, 4) is 0 Å². The Morgan fingerprint density at radius 1 is 1.29 bits per heavy atom. The zero-order chi connectivity index (χ0) is 14.9. The Kier molecular flexibility index (Phi) is 3.85. The van der Waals surface area contributed by atoms with Gasteiger partial charge in [0.05, 0.1) is 5.69 Å². The molecule has 1 aromatic heterocycles. The van der Waals surface area contributed by atoms with Crippen molar-refractivity contribution >= 4 is 0 Å². The van der Waals surface area contributed by atoms with Gasteiger partial charge in [0, 0.05) is 30.6 Å². The molecule has 0 aliphatic heterocycles. The predicted octanol–water partition coefficient (Wildman–Crippen LogP) is 2.98. The number of likely N-dealkylation sites (N-methyl/N-ethyl adjacent to an activating group) is 1. The number of aryl methyl sites for hydroxylation is 2. The minimum absolute atomic E-state index is 0.315. The van der Waals surface area contributed by atoms with Crippen molar-refractivity contribution in [1.82, 2.24) is 15.1 Å². The second kappa shape index (κ2) is 5.64. The number of nitrogens with zero attached hydrogens (tertiary/aromatic N) is 2. The van der Waals surface area contributed by atoms with Gasteiger partial charge in [-0.25, -0.2) is 0 Å². The molecular weight excluding hydrogens is 258 g/mol. The molecule has 1 unspecified atom stereocenters. The molecule has 0 saturated heterocycles. The summed E-state index contributed by atoms with van der Waals surface area (Å²) in [4.78, 5) is 0. The lowest BCUT2D eigenvalue weighted by Crippen LogP contribution is -2.42. The summed E-state index contributed by atoms with van der Waals surface area (Å²) in [6.45, 7) is 5.27. The molecule has 1 N–H and O–H groups in total. The fourth-order valence-electron chi connectivity index (χ4n) is 3.52. The molecule has 1 aliphatic rings. The zero-order valence-corrected chi connectivity index (χ0v) is 13.3. The summed E-state index contributed by atoms with van der Waals surface area (Å²) >= 11 is 0. The van der Waals surface area contributed by atoms with E-state index < -0.39 is 0 Å². The van der Waals surface area contributed by atoms with E-state index in [1.807, 2.05) is 11.7 Å². The van der Waals surface area contributed by atoms with Gasteiger partial charge >= 0.3 is 0 Å². The van der Waals surface area contributed by atoms with Crippen molar-refractivity contribution in [3.63, 3.8) is 0 Å². The number of hydrogen-bond donors (Lipinski definition) is 1. The van der Waals surface area contributed by atoms with E-state index in [0.29, 0.717) is 11.5 Å². The van der Waals surface area contributed by atoms with Crippen molar-refractivity contribution in [2.45, 2.75) is 44.6 Å². The molecule has 1 heterocycles. The maximum absolute atomic E-state index is 4.49. The quantitative estimate of drug-likeness (QED) is 0.883. The van der Waals surface area contributed by atoms with Crippen LogP contribution in [0.4, 0.5) is 0 Å². The van der Waals surface area contributed by atoms with Gasteiger partial charge in [-0.15, -0.1) is 0 Å². The minimum atomic E-state index is 0.315. The second-order valence-electron chi connectivity index (χ2n) is 6.24. The van der Waals surface area contributed by atoms with E-state index in [4.69, 9.17) is 0 Å². The minimum Gasteiger partial charge on any atom is -0.313 e. The fourth-order valence-corrected chi connectivity index (χ4v) is 3.52. The van der Waals surface area contributed by atoms with Crippen LogP contribution in [-0.2, 0) is 18.9 Å². The van der Waals surface area contributed by atoms with Gasteiger partial charge in [-0.1, -0.05) is 37.3 Å². The standard InChI is InChI=1S/C18H25N3/c1-4-19-17(13-16-12-14(2)20-21(16)3)18(10-11-18)15-8-6-5-7-9-15/h5-9,12,17,19H,4,10-11,13H2,1-3H3.